The first-order valence-corrected chi connectivity index (χ1v) is 14.3. The zero-order valence-corrected chi connectivity index (χ0v) is 24.9. The van der Waals surface area contributed by atoms with Crippen LogP contribution in [0, 0.1) is 0 Å². The van der Waals surface area contributed by atoms with E-state index < -0.39 is 0 Å². The van der Waals surface area contributed by atoms with Crippen molar-refractivity contribution >= 4 is 0 Å². The van der Waals surface area contributed by atoms with Crippen LogP contribution in [0.5, 0.6) is 0 Å². The zero-order valence-electron chi connectivity index (χ0n) is 24.9. The maximum atomic E-state index is 8.56. The average Bonchev–Trinajstić information content (AvgIpc) is 2.95. The van der Waals surface area contributed by atoms with E-state index in [1.165, 1.54) is 0 Å². The number of aliphatic hydroxyl groups is 1. The molecule has 13 heteroatoms. The summed E-state index contributed by atoms with van der Waals surface area (Å²) >= 11 is 0. The van der Waals surface area contributed by atoms with Gasteiger partial charge in [0.05, 0.1) is 165 Å². The average molecular weight is 589 g/mol. The van der Waals surface area contributed by atoms with E-state index in [1.54, 1.807) is 0 Å². The Balaban J connectivity index is 3.02. The summed E-state index contributed by atoms with van der Waals surface area (Å²) in [6, 6.07) is 0. The molecule has 13 nitrogen and oxygen atoms in total. The standard InChI is InChI=1S/C27H56O13/c1-27(2)40-26-25-39-24-23-38-22-21-37-20-19-36-18-17-35-16-15-34-14-13-33-12-11-32-10-9-31-8-7-30-6-5-29-4-3-28/h27-28H,3-26H2,1-2H3. The van der Waals surface area contributed by atoms with Gasteiger partial charge in [-0.05, 0) is 13.8 Å². The molecule has 0 aromatic carbocycles. The Morgan fingerprint density at radius 2 is 0.475 bits per heavy atom. The van der Waals surface area contributed by atoms with Gasteiger partial charge in [0.15, 0.2) is 0 Å². The van der Waals surface area contributed by atoms with Crippen molar-refractivity contribution in [1.82, 2.24) is 0 Å². The van der Waals surface area contributed by atoms with Crippen LogP contribution in [0.25, 0.3) is 0 Å². The van der Waals surface area contributed by atoms with Gasteiger partial charge in [-0.25, -0.2) is 0 Å². The minimum absolute atomic E-state index is 0.0267. The fourth-order valence-corrected chi connectivity index (χ4v) is 2.71. The lowest BCUT2D eigenvalue weighted by atomic mass is 10.5. The summed E-state index contributed by atoms with van der Waals surface area (Å²) in [6.45, 7) is 15.8. The summed E-state index contributed by atoms with van der Waals surface area (Å²) in [4.78, 5) is 0. The predicted octanol–water partition coefficient (Wildman–Crippen LogP) is 0.586. The van der Waals surface area contributed by atoms with Crippen LogP contribution in [-0.4, -0.2) is 170 Å². The molecule has 40 heavy (non-hydrogen) atoms. The van der Waals surface area contributed by atoms with Crippen molar-refractivity contribution in [2.75, 3.05) is 159 Å². The zero-order chi connectivity index (χ0) is 29.0. The third-order valence-corrected chi connectivity index (χ3v) is 4.63. The van der Waals surface area contributed by atoms with Gasteiger partial charge in [0.25, 0.3) is 0 Å². The highest BCUT2D eigenvalue weighted by Gasteiger charge is 1.97. The monoisotopic (exact) mass is 588 g/mol. The summed E-state index contributed by atoms with van der Waals surface area (Å²) in [5.74, 6) is 0. The molecule has 0 rings (SSSR count). The van der Waals surface area contributed by atoms with Crippen LogP contribution >= 0.6 is 0 Å². The van der Waals surface area contributed by atoms with E-state index in [9.17, 15) is 0 Å². The Morgan fingerprint density at radius 1 is 0.300 bits per heavy atom. The Kier molecular flexibility index (Phi) is 36.0. The first-order valence-electron chi connectivity index (χ1n) is 14.3. The Hall–Kier alpha value is -0.520. The molecule has 0 aliphatic carbocycles. The lowest BCUT2D eigenvalue weighted by Crippen LogP contribution is -2.15. The molecule has 0 fully saturated rings. The van der Waals surface area contributed by atoms with E-state index in [1.807, 2.05) is 13.8 Å². The third-order valence-electron chi connectivity index (χ3n) is 4.63. The van der Waals surface area contributed by atoms with Crippen molar-refractivity contribution < 1.29 is 61.9 Å². The predicted molar refractivity (Wildman–Crippen MR) is 147 cm³/mol. The van der Waals surface area contributed by atoms with Crippen molar-refractivity contribution in [3.05, 3.63) is 0 Å². The second kappa shape index (κ2) is 36.5. The van der Waals surface area contributed by atoms with Crippen molar-refractivity contribution in [3.63, 3.8) is 0 Å². The van der Waals surface area contributed by atoms with Gasteiger partial charge in [0.1, 0.15) is 0 Å². The Bertz CT molecular complexity index is 447. The molecule has 0 aliphatic rings. The van der Waals surface area contributed by atoms with Crippen molar-refractivity contribution in [2.45, 2.75) is 20.0 Å². The van der Waals surface area contributed by atoms with Gasteiger partial charge >= 0.3 is 0 Å². The molecule has 0 atom stereocenters. The minimum Gasteiger partial charge on any atom is -0.394 e. The van der Waals surface area contributed by atoms with Gasteiger partial charge in [0.2, 0.25) is 0 Å². The molecule has 0 saturated carbocycles. The summed E-state index contributed by atoms with van der Waals surface area (Å²) in [5.41, 5.74) is 0. The van der Waals surface area contributed by atoms with E-state index in [-0.39, 0.29) is 12.7 Å². The number of ether oxygens (including phenoxy) is 12. The van der Waals surface area contributed by atoms with Crippen LogP contribution in [0.1, 0.15) is 13.8 Å². The highest BCUT2D eigenvalue weighted by atomic mass is 16.6. The molecule has 0 aliphatic heterocycles. The maximum Gasteiger partial charge on any atom is 0.0703 e. The van der Waals surface area contributed by atoms with Crippen LogP contribution < -0.4 is 0 Å². The minimum atomic E-state index is 0.0267. The topological polar surface area (TPSA) is 131 Å². The first kappa shape index (κ1) is 39.5. The van der Waals surface area contributed by atoms with Crippen LogP contribution in [0.4, 0.5) is 0 Å². The number of hydrogen-bond donors (Lipinski definition) is 1. The molecule has 1 N–H and O–H groups in total. The third kappa shape index (κ3) is 37.5. The van der Waals surface area contributed by atoms with E-state index in [0.29, 0.717) is 152 Å². The lowest BCUT2D eigenvalue weighted by molar-refractivity contribution is -0.0294. The van der Waals surface area contributed by atoms with Crippen LogP contribution in [0.15, 0.2) is 0 Å². The number of rotatable bonds is 36. The molecule has 0 aromatic rings. The summed E-state index contributed by atoms with van der Waals surface area (Å²) < 4.78 is 64.7. The molecule has 242 valence electrons. The Labute approximate surface area is 240 Å². The van der Waals surface area contributed by atoms with Gasteiger partial charge < -0.3 is 61.9 Å². The molecule has 0 saturated heterocycles. The van der Waals surface area contributed by atoms with Gasteiger partial charge in [0, 0.05) is 0 Å². The molecule has 0 bridgehead atoms. The number of aliphatic hydroxyl groups excluding tert-OH is 1. The van der Waals surface area contributed by atoms with Crippen LogP contribution in [0.3, 0.4) is 0 Å². The summed E-state index contributed by atoms with van der Waals surface area (Å²) in [5, 5.41) is 8.56. The van der Waals surface area contributed by atoms with E-state index >= 15 is 0 Å². The van der Waals surface area contributed by atoms with Crippen molar-refractivity contribution in [1.29, 1.82) is 0 Å². The van der Waals surface area contributed by atoms with Crippen LogP contribution in [-0.2, 0) is 56.8 Å². The van der Waals surface area contributed by atoms with Gasteiger partial charge in [-0.15, -0.1) is 0 Å². The fraction of sp³-hybridized carbons (Fsp3) is 1.00. The summed E-state index contributed by atoms with van der Waals surface area (Å²) in [7, 11) is 0. The summed E-state index contributed by atoms with van der Waals surface area (Å²) in [6.07, 6.45) is 0.231. The largest absolute Gasteiger partial charge is 0.394 e. The molecular weight excluding hydrogens is 532 g/mol. The Morgan fingerprint density at radius 3 is 0.650 bits per heavy atom. The van der Waals surface area contributed by atoms with E-state index in [4.69, 9.17) is 61.9 Å². The fourth-order valence-electron chi connectivity index (χ4n) is 2.71. The smallest absolute Gasteiger partial charge is 0.0703 e. The van der Waals surface area contributed by atoms with Gasteiger partial charge in [-0.2, -0.15) is 0 Å². The van der Waals surface area contributed by atoms with E-state index in [2.05, 4.69) is 0 Å². The normalized spacial score (nSPS) is 11.7. The SMILES string of the molecule is CC(C)OCCOCCOCCOCCOCCOCCOCCOCCOCCOCCOCCOCCO. The quantitative estimate of drug-likeness (QED) is 0.103. The van der Waals surface area contributed by atoms with Crippen molar-refractivity contribution in [2.24, 2.45) is 0 Å². The first-order chi connectivity index (χ1) is 19.8. The molecule has 0 unspecified atom stereocenters. The lowest BCUT2D eigenvalue weighted by Gasteiger charge is -2.09. The van der Waals surface area contributed by atoms with E-state index in [0.717, 1.165) is 0 Å². The molecule has 0 spiro atoms. The second-order valence-corrected chi connectivity index (χ2v) is 8.38. The molecule has 0 radical (unpaired) electrons. The second-order valence-electron chi connectivity index (χ2n) is 8.38. The van der Waals surface area contributed by atoms with Crippen molar-refractivity contribution in [3.8, 4) is 0 Å². The highest BCUT2D eigenvalue weighted by Crippen LogP contribution is 1.89. The van der Waals surface area contributed by atoms with Gasteiger partial charge in [-0.1, -0.05) is 0 Å². The molecule has 0 heterocycles. The maximum absolute atomic E-state index is 8.56. The highest BCUT2D eigenvalue weighted by molar-refractivity contribution is 4.40. The van der Waals surface area contributed by atoms with Crippen LogP contribution in [0.2, 0.25) is 0 Å². The number of hydrogen-bond acceptors (Lipinski definition) is 13. The molecule has 0 aromatic heterocycles. The molecular formula is C27H56O13. The van der Waals surface area contributed by atoms with Gasteiger partial charge in [-0.3, -0.25) is 0 Å². The molecule has 0 amide bonds.